The van der Waals surface area contributed by atoms with Gasteiger partial charge in [0.05, 0.1) is 13.2 Å². The van der Waals surface area contributed by atoms with Crippen molar-refractivity contribution in [1.82, 2.24) is 0 Å². The highest BCUT2D eigenvalue weighted by Crippen LogP contribution is 2.23. The van der Waals surface area contributed by atoms with Gasteiger partial charge in [0, 0.05) is 17.2 Å². The number of aliphatic hydroxyl groups is 2. The minimum atomic E-state index is -0.0769. The molecule has 1 aromatic carbocycles. The molecular weight excluding hydrogens is 228 g/mol. The third-order valence-corrected chi connectivity index (χ3v) is 2.49. The molecule has 1 aromatic rings. The molecule has 0 unspecified atom stereocenters. The maximum absolute atomic E-state index is 9.11. The fourth-order valence-electron chi connectivity index (χ4n) is 1.39. The summed E-state index contributed by atoms with van der Waals surface area (Å²) in [6.45, 7) is 0.740. The first-order valence-corrected chi connectivity index (χ1v) is 5.78. The van der Waals surface area contributed by atoms with E-state index in [1.54, 1.807) is 18.2 Å². The molecular formula is C12H17ClO3. The van der Waals surface area contributed by atoms with Crippen LogP contribution in [0, 0.1) is 0 Å². The fraction of sp³-hybridized carbons (Fsp3) is 0.500. The molecule has 4 heteroatoms. The summed E-state index contributed by atoms with van der Waals surface area (Å²) in [4.78, 5) is 0. The van der Waals surface area contributed by atoms with Crippen LogP contribution in [0.2, 0.25) is 5.02 Å². The van der Waals surface area contributed by atoms with E-state index in [-0.39, 0.29) is 13.2 Å². The molecule has 0 bridgehead atoms. The van der Waals surface area contributed by atoms with Gasteiger partial charge in [0.2, 0.25) is 0 Å². The molecule has 0 amide bonds. The molecule has 1 rings (SSSR count). The Morgan fingerprint density at radius 1 is 1.12 bits per heavy atom. The lowest BCUT2D eigenvalue weighted by atomic mass is 10.2. The monoisotopic (exact) mass is 244 g/mol. The van der Waals surface area contributed by atoms with Gasteiger partial charge in [-0.25, -0.2) is 0 Å². The Morgan fingerprint density at radius 2 is 1.94 bits per heavy atom. The fourth-order valence-corrected chi connectivity index (χ4v) is 1.58. The van der Waals surface area contributed by atoms with Crippen LogP contribution in [0.3, 0.4) is 0 Å². The molecule has 0 radical (unpaired) electrons. The highest BCUT2D eigenvalue weighted by molar-refractivity contribution is 6.30. The summed E-state index contributed by atoms with van der Waals surface area (Å²) >= 11 is 5.80. The van der Waals surface area contributed by atoms with E-state index in [0.717, 1.165) is 19.3 Å². The van der Waals surface area contributed by atoms with E-state index in [0.29, 0.717) is 22.9 Å². The molecule has 0 aromatic heterocycles. The zero-order chi connectivity index (χ0) is 11.8. The van der Waals surface area contributed by atoms with E-state index in [2.05, 4.69) is 0 Å². The second kappa shape index (κ2) is 7.49. The third kappa shape index (κ3) is 4.39. The lowest BCUT2D eigenvalue weighted by Crippen LogP contribution is -2.00. The molecule has 0 fully saturated rings. The normalized spacial score (nSPS) is 10.4. The van der Waals surface area contributed by atoms with E-state index in [9.17, 15) is 0 Å². The smallest absolute Gasteiger partial charge is 0.124 e. The lowest BCUT2D eigenvalue weighted by Gasteiger charge is -2.10. The van der Waals surface area contributed by atoms with E-state index >= 15 is 0 Å². The van der Waals surface area contributed by atoms with Crippen molar-refractivity contribution in [2.24, 2.45) is 0 Å². The molecule has 0 spiro atoms. The molecule has 0 aliphatic heterocycles. The van der Waals surface area contributed by atoms with Crippen molar-refractivity contribution < 1.29 is 14.9 Å². The first-order valence-electron chi connectivity index (χ1n) is 5.41. The van der Waals surface area contributed by atoms with Crippen molar-refractivity contribution in [2.75, 3.05) is 13.2 Å². The molecule has 0 aliphatic carbocycles. The summed E-state index contributed by atoms with van der Waals surface area (Å²) in [5.74, 6) is 0.677. The van der Waals surface area contributed by atoms with Crippen LogP contribution in [0.15, 0.2) is 18.2 Å². The zero-order valence-electron chi connectivity index (χ0n) is 9.16. The van der Waals surface area contributed by atoms with Gasteiger partial charge in [0.1, 0.15) is 5.75 Å². The maximum atomic E-state index is 9.11. The summed E-state index contributed by atoms with van der Waals surface area (Å²) in [5, 5.41) is 18.3. The zero-order valence-corrected chi connectivity index (χ0v) is 9.91. The van der Waals surface area contributed by atoms with Crippen molar-refractivity contribution in [2.45, 2.75) is 25.9 Å². The number of unbranched alkanes of at least 4 members (excludes halogenated alkanes) is 2. The highest BCUT2D eigenvalue weighted by atomic mass is 35.5. The SMILES string of the molecule is OCCCCCOc1ccc(Cl)cc1CO. The number of ether oxygens (including phenoxy) is 1. The average molecular weight is 245 g/mol. The van der Waals surface area contributed by atoms with Crippen LogP contribution in [-0.2, 0) is 6.61 Å². The van der Waals surface area contributed by atoms with Gasteiger partial charge < -0.3 is 14.9 Å². The average Bonchev–Trinajstić information content (AvgIpc) is 2.30. The Bertz CT molecular complexity index is 315. The molecule has 16 heavy (non-hydrogen) atoms. The van der Waals surface area contributed by atoms with E-state index in [1.807, 2.05) is 0 Å². The van der Waals surface area contributed by atoms with E-state index in [4.69, 9.17) is 26.6 Å². The first-order chi connectivity index (χ1) is 7.77. The van der Waals surface area contributed by atoms with Gasteiger partial charge in [-0.1, -0.05) is 11.6 Å². The van der Waals surface area contributed by atoms with Crippen molar-refractivity contribution in [3.05, 3.63) is 28.8 Å². The topological polar surface area (TPSA) is 49.7 Å². The summed E-state index contributed by atoms with van der Waals surface area (Å²) in [6.07, 6.45) is 2.64. The summed E-state index contributed by atoms with van der Waals surface area (Å²) in [5.41, 5.74) is 0.703. The Hall–Kier alpha value is -0.770. The minimum Gasteiger partial charge on any atom is -0.493 e. The van der Waals surface area contributed by atoms with Crippen LogP contribution in [-0.4, -0.2) is 23.4 Å². The van der Waals surface area contributed by atoms with Crippen LogP contribution in [0.4, 0.5) is 0 Å². The quantitative estimate of drug-likeness (QED) is 0.724. The second-order valence-electron chi connectivity index (χ2n) is 3.54. The Labute approximate surface area is 101 Å². The van der Waals surface area contributed by atoms with Crippen LogP contribution < -0.4 is 4.74 Å². The molecule has 0 saturated carbocycles. The molecule has 90 valence electrons. The largest absolute Gasteiger partial charge is 0.493 e. The number of hydrogen-bond donors (Lipinski definition) is 2. The second-order valence-corrected chi connectivity index (χ2v) is 3.98. The van der Waals surface area contributed by atoms with Crippen molar-refractivity contribution in [1.29, 1.82) is 0 Å². The maximum Gasteiger partial charge on any atom is 0.124 e. The molecule has 3 nitrogen and oxygen atoms in total. The van der Waals surface area contributed by atoms with Gasteiger partial charge in [-0.05, 0) is 37.5 Å². The van der Waals surface area contributed by atoms with Gasteiger partial charge >= 0.3 is 0 Å². The Morgan fingerprint density at radius 3 is 2.62 bits per heavy atom. The van der Waals surface area contributed by atoms with E-state index < -0.39 is 0 Å². The van der Waals surface area contributed by atoms with Crippen LogP contribution in [0.25, 0.3) is 0 Å². The predicted molar refractivity (Wildman–Crippen MR) is 63.8 cm³/mol. The van der Waals surface area contributed by atoms with Gasteiger partial charge in [0.25, 0.3) is 0 Å². The summed E-state index contributed by atoms with van der Waals surface area (Å²) in [7, 11) is 0. The predicted octanol–water partition coefficient (Wildman–Crippen LogP) is 2.37. The van der Waals surface area contributed by atoms with E-state index in [1.165, 1.54) is 0 Å². The Balaban J connectivity index is 2.41. The summed E-state index contributed by atoms with van der Waals surface area (Å²) < 4.78 is 5.53. The van der Waals surface area contributed by atoms with Gasteiger partial charge in [0.15, 0.2) is 0 Å². The number of rotatable bonds is 7. The van der Waals surface area contributed by atoms with Crippen molar-refractivity contribution in [3.63, 3.8) is 0 Å². The highest BCUT2D eigenvalue weighted by Gasteiger charge is 2.03. The number of hydrogen-bond acceptors (Lipinski definition) is 3. The minimum absolute atomic E-state index is 0.0769. The van der Waals surface area contributed by atoms with Crippen molar-refractivity contribution in [3.8, 4) is 5.75 Å². The van der Waals surface area contributed by atoms with Crippen LogP contribution >= 0.6 is 11.6 Å². The number of aliphatic hydroxyl groups excluding tert-OH is 2. The molecule has 0 atom stereocenters. The molecule has 0 heterocycles. The van der Waals surface area contributed by atoms with Gasteiger partial charge in [-0.3, -0.25) is 0 Å². The van der Waals surface area contributed by atoms with Gasteiger partial charge in [-0.2, -0.15) is 0 Å². The summed E-state index contributed by atoms with van der Waals surface area (Å²) in [6, 6.07) is 5.20. The Kier molecular flexibility index (Phi) is 6.23. The van der Waals surface area contributed by atoms with Crippen LogP contribution in [0.5, 0.6) is 5.75 Å². The number of benzene rings is 1. The van der Waals surface area contributed by atoms with Gasteiger partial charge in [-0.15, -0.1) is 0 Å². The lowest BCUT2D eigenvalue weighted by molar-refractivity contribution is 0.252. The molecule has 0 aliphatic rings. The number of halogens is 1. The third-order valence-electron chi connectivity index (χ3n) is 2.25. The first kappa shape index (κ1) is 13.3. The standard InChI is InChI=1S/C12H17ClO3/c13-11-4-5-12(10(8-11)9-15)16-7-3-1-2-6-14/h4-5,8,14-15H,1-3,6-7,9H2. The van der Waals surface area contributed by atoms with Crippen molar-refractivity contribution >= 4 is 11.6 Å². The van der Waals surface area contributed by atoms with Crippen LogP contribution in [0.1, 0.15) is 24.8 Å². The molecule has 0 saturated heterocycles. The molecule has 2 N–H and O–H groups in total.